The molecule has 0 unspecified atom stereocenters. The van der Waals surface area contributed by atoms with E-state index in [0.29, 0.717) is 5.02 Å². The summed E-state index contributed by atoms with van der Waals surface area (Å²) < 4.78 is 0. The van der Waals surface area contributed by atoms with Crippen molar-refractivity contribution >= 4 is 23.5 Å². The van der Waals surface area contributed by atoms with Gasteiger partial charge in [0.05, 0.1) is 5.56 Å². The van der Waals surface area contributed by atoms with E-state index in [1.165, 1.54) is 18.2 Å². The lowest BCUT2D eigenvalue weighted by atomic mass is 10.2. The molecule has 0 aliphatic rings. The van der Waals surface area contributed by atoms with Crippen LogP contribution in [0.3, 0.4) is 0 Å². The number of halogens is 1. The summed E-state index contributed by atoms with van der Waals surface area (Å²) in [5, 5.41) is 22.4. The maximum atomic E-state index is 11.5. The Morgan fingerprint density at radius 3 is 2.71 bits per heavy atom. The molecule has 0 radical (unpaired) electrons. The van der Waals surface area contributed by atoms with Crippen molar-refractivity contribution in [3.05, 3.63) is 28.8 Å². The number of amides is 1. The summed E-state index contributed by atoms with van der Waals surface area (Å²) in [6.45, 7) is 0.203. The predicted molar refractivity (Wildman–Crippen MR) is 59.7 cm³/mol. The van der Waals surface area contributed by atoms with E-state index >= 15 is 0 Å². The maximum Gasteiger partial charge on any atom is 0.255 e. The molecule has 2 N–H and O–H groups in total. The summed E-state index contributed by atoms with van der Waals surface area (Å²) in [4.78, 5) is 21.7. The van der Waals surface area contributed by atoms with Gasteiger partial charge in [0.1, 0.15) is 5.75 Å². The molecule has 0 heterocycles. The normalized spacial score (nSPS) is 9.94. The zero-order chi connectivity index (χ0) is 12.8. The van der Waals surface area contributed by atoms with Crippen LogP contribution in [0.15, 0.2) is 18.2 Å². The Kier molecular flexibility index (Phi) is 4.78. The third kappa shape index (κ3) is 4.32. The molecule has 0 bridgehead atoms. The van der Waals surface area contributed by atoms with Gasteiger partial charge in [-0.3, -0.25) is 4.79 Å². The number of phenolic OH excluding ortho intramolecular Hbond substituents is 1. The van der Waals surface area contributed by atoms with Crippen LogP contribution in [-0.4, -0.2) is 23.5 Å². The predicted octanol–water partition coefficient (Wildman–Crippen LogP) is 0.306. The first-order chi connectivity index (χ1) is 8.00. The fourth-order valence-electron chi connectivity index (χ4n) is 1.23. The van der Waals surface area contributed by atoms with Crippen molar-refractivity contribution in [1.29, 1.82) is 0 Å². The molecule has 1 amide bonds. The second-order valence-corrected chi connectivity index (χ2v) is 3.83. The average molecular weight is 257 g/mol. The van der Waals surface area contributed by atoms with Crippen molar-refractivity contribution in [3.63, 3.8) is 0 Å². The number of aromatic hydroxyl groups is 1. The standard InChI is InChI=1S/C11H12ClNO4/c12-7-3-4-8(9(14)6-7)11(17)13-5-1-2-10(15)16/h3-4,6,14H,1-2,5H2,(H,13,17)(H,15,16)/p-1. The van der Waals surface area contributed by atoms with E-state index < -0.39 is 11.9 Å². The number of benzene rings is 1. The minimum Gasteiger partial charge on any atom is -0.550 e. The second kappa shape index (κ2) is 6.10. The van der Waals surface area contributed by atoms with Crippen LogP contribution in [0.25, 0.3) is 0 Å². The van der Waals surface area contributed by atoms with E-state index in [0.717, 1.165) is 0 Å². The highest BCUT2D eigenvalue weighted by molar-refractivity contribution is 6.30. The molecule has 0 saturated heterocycles. The van der Waals surface area contributed by atoms with Gasteiger partial charge in [-0.2, -0.15) is 0 Å². The van der Waals surface area contributed by atoms with Gasteiger partial charge in [-0.1, -0.05) is 11.6 Å². The SMILES string of the molecule is O=C([O-])CCCNC(=O)c1ccc(Cl)cc1O. The quantitative estimate of drug-likeness (QED) is 0.742. The molecule has 0 spiro atoms. The van der Waals surface area contributed by atoms with Crippen LogP contribution < -0.4 is 10.4 Å². The van der Waals surface area contributed by atoms with Crippen molar-refractivity contribution in [1.82, 2.24) is 5.32 Å². The molecule has 17 heavy (non-hydrogen) atoms. The summed E-state index contributed by atoms with van der Waals surface area (Å²) in [5.41, 5.74) is 0.0999. The third-order valence-electron chi connectivity index (χ3n) is 2.05. The third-order valence-corrected chi connectivity index (χ3v) is 2.28. The first kappa shape index (κ1) is 13.3. The van der Waals surface area contributed by atoms with E-state index in [2.05, 4.69) is 5.32 Å². The van der Waals surface area contributed by atoms with Gasteiger partial charge in [0, 0.05) is 17.5 Å². The number of carboxylic acid groups (broad SMARTS) is 1. The van der Waals surface area contributed by atoms with E-state index in [1.807, 2.05) is 0 Å². The molecule has 0 aliphatic heterocycles. The summed E-state index contributed by atoms with van der Waals surface area (Å²) in [6.07, 6.45) is 0.162. The summed E-state index contributed by atoms with van der Waals surface area (Å²) >= 11 is 5.62. The van der Waals surface area contributed by atoms with Crippen LogP contribution in [0, 0.1) is 0 Å². The molecule has 0 aromatic heterocycles. The number of phenols is 1. The minimum atomic E-state index is -1.16. The summed E-state index contributed by atoms with van der Waals surface area (Å²) in [6, 6.07) is 4.14. The van der Waals surface area contributed by atoms with Gasteiger partial charge in [0.25, 0.3) is 5.91 Å². The molecule has 6 heteroatoms. The van der Waals surface area contributed by atoms with Crippen molar-refractivity contribution in [2.45, 2.75) is 12.8 Å². The molecule has 0 aliphatic carbocycles. The van der Waals surface area contributed by atoms with Gasteiger partial charge in [-0.25, -0.2) is 0 Å². The fourth-order valence-corrected chi connectivity index (χ4v) is 1.39. The maximum absolute atomic E-state index is 11.5. The van der Waals surface area contributed by atoms with Gasteiger partial charge in [-0.05, 0) is 31.0 Å². The molecule has 1 aromatic rings. The van der Waals surface area contributed by atoms with Crippen molar-refractivity contribution in [2.75, 3.05) is 6.54 Å². The lowest BCUT2D eigenvalue weighted by Crippen LogP contribution is -2.27. The molecule has 0 saturated carbocycles. The van der Waals surface area contributed by atoms with Crippen LogP contribution in [0.1, 0.15) is 23.2 Å². The second-order valence-electron chi connectivity index (χ2n) is 3.39. The van der Waals surface area contributed by atoms with Gasteiger partial charge in [0.15, 0.2) is 0 Å². The monoisotopic (exact) mass is 256 g/mol. The Morgan fingerprint density at radius 1 is 1.41 bits per heavy atom. The Morgan fingerprint density at radius 2 is 2.12 bits per heavy atom. The Balaban J connectivity index is 2.50. The molecule has 1 aromatic carbocycles. The van der Waals surface area contributed by atoms with Crippen molar-refractivity contribution in [3.8, 4) is 5.75 Å². The highest BCUT2D eigenvalue weighted by Crippen LogP contribution is 2.21. The van der Waals surface area contributed by atoms with Crippen LogP contribution in [0.4, 0.5) is 0 Å². The van der Waals surface area contributed by atoms with Crippen LogP contribution in [-0.2, 0) is 4.79 Å². The number of nitrogens with one attached hydrogen (secondary N) is 1. The molecule has 0 atom stereocenters. The fraction of sp³-hybridized carbons (Fsp3) is 0.273. The number of hydrogen-bond donors (Lipinski definition) is 2. The largest absolute Gasteiger partial charge is 0.550 e. The average Bonchev–Trinajstić information content (AvgIpc) is 2.23. The van der Waals surface area contributed by atoms with E-state index in [-0.39, 0.29) is 30.7 Å². The van der Waals surface area contributed by atoms with Crippen LogP contribution in [0.5, 0.6) is 5.75 Å². The van der Waals surface area contributed by atoms with Crippen molar-refractivity contribution in [2.24, 2.45) is 0 Å². The molecule has 5 nitrogen and oxygen atoms in total. The number of carbonyl (C=O) groups excluding carboxylic acids is 2. The van der Waals surface area contributed by atoms with Gasteiger partial charge >= 0.3 is 0 Å². The number of hydrogen-bond acceptors (Lipinski definition) is 4. The van der Waals surface area contributed by atoms with Crippen molar-refractivity contribution < 1.29 is 19.8 Å². The zero-order valence-electron chi connectivity index (χ0n) is 8.90. The first-order valence-electron chi connectivity index (χ1n) is 4.97. The Bertz CT molecular complexity index is 433. The summed E-state index contributed by atoms with van der Waals surface area (Å²) in [7, 11) is 0. The molecular weight excluding hydrogens is 246 g/mol. The minimum absolute atomic E-state index is 0.0999. The first-order valence-corrected chi connectivity index (χ1v) is 5.35. The molecule has 0 fully saturated rings. The number of rotatable bonds is 5. The summed E-state index contributed by atoms with van der Waals surface area (Å²) in [5.74, 6) is -1.85. The van der Waals surface area contributed by atoms with Crippen LogP contribution in [0.2, 0.25) is 5.02 Å². The molecule has 92 valence electrons. The Hall–Kier alpha value is -1.75. The molecular formula is C11H11ClNO4-. The van der Waals surface area contributed by atoms with Gasteiger partial charge < -0.3 is 20.3 Å². The highest BCUT2D eigenvalue weighted by atomic mass is 35.5. The smallest absolute Gasteiger partial charge is 0.255 e. The number of carbonyl (C=O) groups is 2. The van der Waals surface area contributed by atoms with Gasteiger partial charge in [0.2, 0.25) is 0 Å². The zero-order valence-corrected chi connectivity index (χ0v) is 9.66. The van der Waals surface area contributed by atoms with E-state index in [4.69, 9.17) is 11.6 Å². The van der Waals surface area contributed by atoms with E-state index in [9.17, 15) is 19.8 Å². The lowest BCUT2D eigenvalue weighted by molar-refractivity contribution is -0.305. The Labute approximate surface area is 103 Å². The van der Waals surface area contributed by atoms with Gasteiger partial charge in [-0.15, -0.1) is 0 Å². The number of carboxylic acids is 1. The lowest BCUT2D eigenvalue weighted by Gasteiger charge is -2.07. The van der Waals surface area contributed by atoms with Crippen LogP contribution >= 0.6 is 11.6 Å². The van der Waals surface area contributed by atoms with E-state index in [1.54, 1.807) is 0 Å². The topological polar surface area (TPSA) is 89.5 Å². The highest BCUT2D eigenvalue weighted by Gasteiger charge is 2.10. The number of aliphatic carboxylic acids is 1. The molecule has 1 rings (SSSR count).